The number of hydrogen-bond donors (Lipinski definition) is 0. The summed E-state index contributed by atoms with van der Waals surface area (Å²) in [4.78, 5) is 34.8. The predicted molar refractivity (Wildman–Crippen MR) is 213 cm³/mol. The molecule has 1 aliphatic rings. The molecular weight excluding hydrogens is 719 g/mol. The van der Waals surface area contributed by atoms with Crippen LogP contribution in [0, 0.1) is 19.8 Å². The molecule has 0 fully saturated rings. The van der Waals surface area contributed by atoms with E-state index in [1.807, 2.05) is 13.0 Å². The van der Waals surface area contributed by atoms with E-state index in [1.54, 1.807) is 22.7 Å². The zero-order chi connectivity index (χ0) is 37.3. The Balaban J connectivity index is 1.53. The van der Waals surface area contributed by atoms with Crippen molar-refractivity contribution in [2.24, 2.45) is 5.92 Å². The summed E-state index contributed by atoms with van der Waals surface area (Å²) in [5.41, 5.74) is 1.08. The summed E-state index contributed by atoms with van der Waals surface area (Å²) in [6, 6.07) is 4.06. The van der Waals surface area contributed by atoms with E-state index < -0.39 is 0 Å². The largest absolute Gasteiger partial charge is 0.490 e. The Morgan fingerprint density at radius 3 is 1.69 bits per heavy atom. The average molecular weight is 778 g/mol. The van der Waals surface area contributed by atoms with E-state index in [9.17, 15) is 9.59 Å². The molecule has 0 N–H and O–H groups in total. The Labute approximate surface area is 322 Å². The van der Waals surface area contributed by atoms with Crippen LogP contribution in [0.5, 0.6) is 11.5 Å². The lowest BCUT2D eigenvalue weighted by molar-refractivity contribution is 0.0355. The molecule has 0 bridgehead atoms. The minimum atomic E-state index is -0.187. The van der Waals surface area contributed by atoms with E-state index in [0.29, 0.717) is 82.2 Å². The Hall–Kier alpha value is -2.32. The first kappa shape index (κ1) is 42.4. The number of aryl methyl sites for hydroxylation is 2. The average Bonchev–Trinajstić information content (AvgIpc) is 3.88. The predicted octanol–water partition coefficient (Wildman–Crippen LogP) is 10.1. The molecular formula is C40H59NO8S3. The fourth-order valence-corrected chi connectivity index (χ4v) is 9.39. The smallest absolute Gasteiger partial charge is 0.263 e. The van der Waals surface area contributed by atoms with Crippen molar-refractivity contribution in [3.63, 3.8) is 0 Å². The Kier molecular flexibility index (Phi) is 18.6. The van der Waals surface area contributed by atoms with Gasteiger partial charge in [-0.25, -0.2) is 0 Å². The monoisotopic (exact) mass is 777 g/mol. The zero-order valence-corrected chi connectivity index (χ0v) is 34.6. The minimum Gasteiger partial charge on any atom is -0.490 e. The number of carbonyl (C=O) groups excluding carboxylic acids is 2. The molecule has 0 saturated carbocycles. The number of fused-ring (bicyclic) bond motifs is 1. The van der Waals surface area contributed by atoms with E-state index in [0.717, 1.165) is 99.6 Å². The highest BCUT2D eigenvalue weighted by atomic mass is 32.1. The summed E-state index contributed by atoms with van der Waals surface area (Å²) in [5.74, 6) is 1.42. The quantitative estimate of drug-likeness (QED) is 0.0532. The molecule has 0 aliphatic carbocycles. The lowest BCUT2D eigenvalue weighted by atomic mass is 9.99. The highest BCUT2D eigenvalue weighted by Crippen LogP contribution is 2.52. The maximum atomic E-state index is 14.0. The zero-order valence-electron chi connectivity index (χ0n) is 32.1. The summed E-state index contributed by atoms with van der Waals surface area (Å²) in [6.45, 7) is 18.4. The number of amides is 2. The Morgan fingerprint density at radius 2 is 1.12 bits per heavy atom. The van der Waals surface area contributed by atoms with Crippen molar-refractivity contribution < 1.29 is 38.0 Å². The minimum absolute atomic E-state index is 0.168. The molecule has 1 atom stereocenters. The van der Waals surface area contributed by atoms with Crippen molar-refractivity contribution in [3.05, 3.63) is 33.0 Å². The van der Waals surface area contributed by atoms with Crippen LogP contribution in [-0.2, 0) is 18.9 Å². The molecule has 3 aromatic heterocycles. The highest BCUT2D eigenvalue weighted by Gasteiger charge is 2.42. The van der Waals surface area contributed by atoms with Gasteiger partial charge in [-0.15, -0.1) is 34.0 Å². The first-order valence-electron chi connectivity index (χ1n) is 19.1. The van der Waals surface area contributed by atoms with Gasteiger partial charge in [0.2, 0.25) is 0 Å². The number of rotatable bonds is 28. The van der Waals surface area contributed by atoms with E-state index in [2.05, 4.69) is 40.7 Å². The number of thiophene rings is 3. The Morgan fingerprint density at radius 1 is 0.596 bits per heavy atom. The first-order valence-corrected chi connectivity index (χ1v) is 21.6. The molecule has 9 nitrogen and oxygen atoms in total. The number of hydrogen-bond acceptors (Lipinski definition) is 11. The van der Waals surface area contributed by atoms with Gasteiger partial charge in [-0.05, 0) is 45.1 Å². The summed E-state index contributed by atoms with van der Waals surface area (Å²) >= 11 is 4.72. The maximum absolute atomic E-state index is 14.0. The molecule has 3 aromatic rings. The van der Waals surface area contributed by atoms with Gasteiger partial charge in [0.1, 0.15) is 24.7 Å². The van der Waals surface area contributed by atoms with Crippen LogP contribution in [0.15, 0.2) is 12.1 Å². The number of imide groups is 1. The van der Waals surface area contributed by atoms with Gasteiger partial charge in [0.25, 0.3) is 11.8 Å². The fraction of sp³-hybridized carbons (Fsp3) is 0.650. The standard InChI is InChI=1S/C40H59NO8S3/c1-7-11-14-30(10-4)27-41-39(42)34-29(6)51-38(35(34)40(41)43)33-26-32(49-24-22-47-20-18-45-16-13-9-3)37(52-33)36-31(25-28(5)50-36)48-23-21-46-19-17-44-15-12-8-2/h25-26,30H,7-24,27H2,1-6H3. The lowest BCUT2D eigenvalue weighted by Crippen LogP contribution is -2.34. The van der Waals surface area contributed by atoms with Gasteiger partial charge >= 0.3 is 0 Å². The van der Waals surface area contributed by atoms with Crippen molar-refractivity contribution in [1.29, 1.82) is 0 Å². The van der Waals surface area contributed by atoms with Gasteiger partial charge in [0, 0.05) is 40.5 Å². The second kappa shape index (κ2) is 22.8. The van der Waals surface area contributed by atoms with Gasteiger partial charge in [-0.2, -0.15) is 0 Å². The molecule has 0 spiro atoms. The van der Waals surface area contributed by atoms with Gasteiger partial charge in [0.15, 0.2) is 0 Å². The van der Waals surface area contributed by atoms with Gasteiger partial charge < -0.3 is 28.4 Å². The lowest BCUT2D eigenvalue weighted by Gasteiger charge is -2.21. The van der Waals surface area contributed by atoms with Crippen LogP contribution in [0.1, 0.15) is 110 Å². The number of unbranched alkanes of at least 4 members (excludes halogenated alkanes) is 3. The third kappa shape index (κ3) is 11.8. The molecule has 290 valence electrons. The van der Waals surface area contributed by atoms with E-state index in [-0.39, 0.29) is 11.8 Å². The number of ether oxygens (including phenoxy) is 6. The van der Waals surface area contributed by atoms with E-state index in [4.69, 9.17) is 28.4 Å². The molecule has 4 rings (SSSR count). The molecule has 12 heteroatoms. The van der Waals surface area contributed by atoms with E-state index in [1.165, 1.54) is 16.2 Å². The van der Waals surface area contributed by atoms with Crippen molar-refractivity contribution in [2.45, 2.75) is 92.9 Å². The van der Waals surface area contributed by atoms with Gasteiger partial charge in [-0.3, -0.25) is 14.5 Å². The SMILES string of the molecule is CCCCOCCOCCOc1cc(C)sc1-c1sc(-c2sc(C)c3c2C(=O)N(CC(CC)CCCC)C3=O)cc1OCCOCCOCCCC. The third-order valence-electron chi connectivity index (χ3n) is 8.93. The molecule has 52 heavy (non-hydrogen) atoms. The fourth-order valence-electron chi connectivity index (χ4n) is 5.95. The summed E-state index contributed by atoms with van der Waals surface area (Å²) in [7, 11) is 0. The number of nitrogens with zero attached hydrogens (tertiary/aromatic N) is 1. The molecule has 4 heterocycles. The first-order chi connectivity index (χ1) is 25.3. The number of carbonyl (C=O) groups is 2. The molecule has 1 aliphatic heterocycles. The summed E-state index contributed by atoms with van der Waals surface area (Å²) in [6.07, 6.45) is 8.45. The van der Waals surface area contributed by atoms with Crippen LogP contribution in [0.25, 0.3) is 19.5 Å². The molecule has 2 amide bonds. The van der Waals surface area contributed by atoms with Crippen molar-refractivity contribution in [2.75, 3.05) is 72.6 Å². The summed E-state index contributed by atoms with van der Waals surface area (Å²) in [5, 5.41) is 0. The second-order valence-electron chi connectivity index (χ2n) is 13.1. The van der Waals surface area contributed by atoms with E-state index >= 15 is 0 Å². The van der Waals surface area contributed by atoms with Crippen LogP contribution in [0.3, 0.4) is 0 Å². The van der Waals surface area contributed by atoms with Gasteiger partial charge in [-0.1, -0.05) is 59.8 Å². The topological polar surface area (TPSA) is 92.8 Å². The third-order valence-corrected chi connectivity index (χ3v) is 12.5. The Bertz CT molecular complexity index is 1530. The molecule has 0 saturated heterocycles. The molecule has 0 aromatic carbocycles. The summed E-state index contributed by atoms with van der Waals surface area (Å²) < 4.78 is 35.5. The molecule has 0 radical (unpaired) electrons. The van der Waals surface area contributed by atoms with Crippen molar-refractivity contribution in [3.8, 4) is 31.0 Å². The van der Waals surface area contributed by atoms with Crippen LogP contribution >= 0.6 is 34.0 Å². The van der Waals surface area contributed by atoms with Crippen LogP contribution in [-0.4, -0.2) is 89.3 Å². The van der Waals surface area contributed by atoms with Crippen LogP contribution in [0.4, 0.5) is 0 Å². The van der Waals surface area contributed by atoms with Crippen molar-refractivity contribution >= 4 is 45.8 Å². The second-order valence-corrected chi connectivity index (χ2v) is 16.6. The van der Waals surface area contributed by atoms with Crippen molar-refractivity contribution in [1.82, 2.24) is 4.90 Å². The van der Waals surface area contributed by atoms with Crippen LogP contribution in [0.2, 0.25) is 0 Å². The van der Waals surface area contributed by atoms with Crippen LogP contribution < -0.4 is 9.47 Å². The maximum Gasteiger partial charge on any atom is 0.263 e. The van der Waals surface area contributed by atoms with Gasteiger partial charge in [0.05, 0.1) is 65.4 Å². The normalized spacial score (nSPS) is 13.4. The highest BCUT2D eigenvalue weighted by molar-refractivity contribution is 7.27. The molecule has 1 unspecified atom stereocenters.